The van der Waals surface area contributed by atoms with Crippen molar-refractivity contribution in [3.63, 3.8) is 0 Å². The molecule has 1 aromatic carbocycles. The Bertz CT molecular complexity index is 357. The van der Waals surface area contributed by atoms with Gasteiger partial charge in [0.25, 0.3) is 0 Å². The Morgan fingerprint density at radius 1 is 1.47 bits per heavy atom. The predicted octanol–water partition coefficient (Wildman–Crippen LogP) is 2.89. The van der Waals surface area contributed by atoms with E-state index in [2.05, 4.69) is 27.8 Å². The van der Waals surface area contributed by atoms with Crippen LogP contribution in [-0.4, -0.2) is 30.1 Å². The summed E-state index contributed by atoms with van der Waals surface area (Å²) in [7, 11) is 2.05. The Kier molecular flexibility index (Phi) is 5.95. The van der Waals surface area contributed by atoms with E-state index in [9.17, 15) is 5.11 Å². The van der Waals surface area contributed by atoms with Gasteiger partial charge in [-0.3, -0.25) is 4.90 Å². The average Bonchev–Trinajstić information content (AvgIpc) is 2.32. The Labute approximate surface area is 112 Å². The maximum Gasteiger partial charge on any atom is 0.120 e. The molecule has 0 aliphatic rings. The first kappa shape index (κ1) is 14.5. The normalized spacial score (nSPS) is 13.0. The van der Waals surface area contributed by atoms with Crippen molar-refractivity contribution in [3.05, 3.63) is 28.2 Å². The predicted molar refractivity (Wildman–Crippen MR) is 75.1 cm³/mol. The van der Waals surface area contributed by atoms with Crippen LogP contribution >= 0.6 is 15.9 Å². The number of hydrogen-bond donors (Lipinski definition) is 2. The standard InChI is InChI=1S/C13H21BrN2O/c1-3-4-7-16(2)12(9-15)11-8-10(14)5-6-13(11)17/h5-6,8,12,17H,3-4,7,9,15H2,1-2H3. The molecule has 17 heavy (non-hydrogen) atoms. The molecule has 3 N–H and O–H groups in total. The van der Waals surface area contributed by atoms with Crippen LogP contribution in [0.25, 0.3) is 0 Å². The molecule has 96 valence electrons. The van der Waals surface area contributed by atoms with E-state index in [1.54, 1.807) is 6.07 Å². The molecule has 0 radical (unpaired) electrons. The third kappa shape index (κ3) is 3.98. The molecule has 0 spiro atoms. The number of aromatic hydroxyl groups is 1. The van der Waals surface area contributed by atoms with Gasteiger partial charge < -0.3 is 10.8 Å². The van der Waals surface area contributed by atoms with Crippen LogP contribution in [-0.2, 0) is 0 Å². The van der Waals surface area contributed by atoms with Gasteiger partial charge in [-0.25, -0.2) is 0 Å². The van der Waals surface area contributed by atoms with E-state index in [0.29, 0.717) is 12.3 Å². The minimum absolute atomic E-state index is 0.0686. The van der Waals surface area contributed by atoms with Crippen molar-refractivity contribution in [1.82, 2.24) is 4.90 Å². The lowest BCUT2D eigenvalue weighted by atomic mass is 10.0. The maximum atomic E-state index is 9.91. The van der Waals surface area contributed by atoms with Crippen LogP contribution in [0.3, 0.4) is 0 Å². The SMILES string of the molecule is CCCCN(C)C(CN)c1cc(Br)ccc1O. The highest BCUT2D eigenvalue weighted by atomic mass is 79.9. The van der Waals surface area contributed by atoms with Gasteiger partial charge in [0, 0.05) is 16.6 Å². The number of unbranched alkanes of at least 4 members (excludes halogenated alkanes) is 1. The van der Waals surface area contributed by atoms with Gasteiger partial charge in [-0.05, 0) is 38.2 Å². The summed E-state index contributed by atoms with van der Waals surface area (Å²) in [5.74, 6) is 0.312. The van der Waals surface area contributed by atoms with Crippen molar-refractivity contribution in [1.29, 1.82) is 0 Å². The van der Waals surface area contributed by atoms with Gasteiger partial charge in [0.1, 0.15) is 5.75 Å². The Morgan fingerprint density at radius 3 is 2.76 bits per heavy atom. The molecule has 1 aromatic rings. The summed E-state index contributed by atoms with van der Waals surface area (Å²) in [6.45, 7) is 3.66. The van der Waals surface area contributed by atoms with E-state index < -0.39 is 0 Å². The van der Waals surface area contributed by atoms with Gasteiger partial charge in [-0.2, -0.15) is 0 Å². The highest BCUT2D eigenvalue weighted by Gasteiger charge is 2.18. The molecule has 0 saturated heterocycles. The minimum atomic E-state index is 0.0686. The number of halogens is 1. The summed E-state index contributed by atoms with van der Waals surface area (Å²) in [6, 6.07) is 5.54. The highest BCUT2D eigenvalue weighted by molar-refractivity contribution is 9.10. The van der Waals surface area contributed by atoms with E-state index in [1.807, 2.05) is 19.2 Å². The van der Waals surface area contributed by atoms with Gasteiger partial charge in [-0.15, -0.1) is 0 Å². The number of phenols is 1. The molecule has 1 rings (SSSR count). The zero-order chi connectivity index (χ0) is 12.8. The monoisotopic (exact) mass is 300 g/mol. The molecule has 0 aliphatic carbocycles. The first-order valence-corrected chi connectivity index (χ1v) is 6.78. The van der Waals surface area contributed by atoms with Gasteiger partial charge in [0.15, 0.2) is 0 Å². The largest absolute Gasteiger partial charge is 0.508 e. The second-order valence-corrected chi connectivity index (χ2v) is 5.20. The smallest absolute Gasteiger partial charge is 0.120 e. The molecule has 1 unspecified atom stereocenters. The van der Waals surface area contributed by atoms with Crippen molar-refractivity contribution in [2.75, 3.05) is 20.1 Å². The van der Waals surface area contributed by atoms with Crippen LogP contribution in [0.5, 0.6) is 5.75 Å². The third-order valence-corrected chi connectivity index (χ3v) is 3.46. The van der Waals surface area contributed by atoms with E-state index >= 15 is 0 Å². The van der Waals surface area contributed by atoms with Crippen LogP contribution in [0.1, 0.15) is 31.4 Å². The molecular formula is C13H21BrN2O. The number of phenolic OH excluding ortho intramolecular Hbond substituents is 1. The summed E-state index contributed by atoms with van der Waals surface area (Å²) >= 11 is 3.43. The van der Waals surface area contributed by atoms with Crippen LogP contribution < -0.4 is 5.73 Å². The molecular weight excluding hydrogens is 280 g/mol. The third-order valence-electron chi connectivity index (χ3n) is 2.97. The Balaban J connectivity index is 2.88. The van der Waals surface area contributed by atoms with Crippen molar-refractivity contribution in [2.24, 2.45) is 5.73 Å². The molecule has 3 nitrogen and oxygen atoms in total. The Hall–Kier alpha value is -0.580. The second-order valence-electron chi connectivity index (χ2n) is 4.29. The van der Waals surface area contributed by atoms with Crippen LogP contribution in [0.15, 0.2) is 22.7 Å². The van der Waals surface area contributed by atoms with E-state index in [-0.39, 0.29) is 6.04 Å². The van der Waals surface area contributed by atoms with Crippen molar-refractivity contribution < 1.29 is 5.11 Å². The maximum absolute atomic E-state index is 9.91. The molecule has 0 fully saturated rings. The van der Waals surface area contributed by atoms with Gasteiger partial charge >= 0.3 is 0 Å². The summed E-state index contributed by atoms with van der Waals surface area (Å²) < 4.78 is 0.965. The van der Waals surface area contributed by atoms with Crippen molar-refractivity contribution >= 4 is 15.9 Å². The van der Waals surface area contributed by atoms with E-state index in [4.69, 9.17) is 5.73 Å². The van der Waals surface area contributed by atoms with Crippen LogP contribution in [0.2, 0.25) is 0 Å². The molecule has 0 heterocycles. The fourth-order valence-electron chi connectivity index (χ4n) is 1.90. The number of rotatable bonds is 6. The molecule has 0 aromatic heterocycles. The van der Waals surface area contributed by atoms with E-state index in [0.717, 1.165) is 29.4 Å². The van der Waals surface area contributed by atoms with Crippen LogP contribution in [0.4, 0.5) is 0 Å². The number of nitrogens with two attached hydrogens (primary N) is 1. The number of hydrogen-bond acceptors (Lipinski definition) is 3. The second kappa shape index (κ2) is 6.99. The fourth-order valence-corrected chi connectivity index (χ4v) is 2.28. The van der Waals surface area contributed by atoms with Crippen LogP contribution in [0, 0.1) is 0 Å². The van der Waals surface area contributed by atoms with Crippen molar-refractivity contribution in [2.45, 2.75) is 25.8 Å². The van der Waals surface area contributed by atoms with Gasteiger partial charge in [0.2, 0.25) is 0 Å². The van der Waals surface area contributed by atoms with Gasteiger partial charge in [-0.1, -0.05) is 29.3 Å². The quantitative estimate of drug-likeness (QED) is 0.849. The van der Waals surface area contributed by atoms with Crippen molar-refractivity contribution in [3.8, 4) is 5.75 Å². The van der Waals surface area contributed by atoms with E-state index in [1.165, 1.54) is 0 Å². The summed E-state index contributed by atoms with van der Waals surface area (Å²) in [5, 5.41) is 9.91. The molecule has 0 bridgehead atoms. The zero-order valence-electron chi connectivity index (χ0n) is 10.5. The molecule has 4 heteroatoms. The fraction of sp³-hybridized carbons (Fsp3) is 0.538. The lowest BCUT2D eigenvalue weighted by Crippen LogP contribution is -2.31. The molecule has 1 atom stereocenters. The highest BCUT2D eigenvalue weighted by Crippen LogP contribution is 2.30. The number of likely N-dealkylation sites (N-methyl/N-ethyl adjacent to an activating group) is 1. The molecule has 0 aliphatic heterocycles. The minimum Gasteiger partial charge on any atom is -0.508 e. The van der Waals surface area contributed by atoms with Gasteiger partial charge in [0.05, 0.1) is 6.04 Å². The topological polar surface area (TPSA) is 49.5 Å². The first-order valence-electron chi connectivity index (χ1n) is 5.98. The molecule has 0 amide bonds. The average molecular weight is 301 g/mol. The zero-order valence-corrected chi connectivity index (χ0v) is 12.1. The number of nitrogens with zero attached hydrogens (tertiary/aromatic N) is 1. The summed E-state index contributed by atoms with van der Waals surface area (Å²) in [4.78, 5) is 2.20. The summed E-state index contributed by atoms with van der Waals surface area (Å²) in [6.07, 6.45) is 2.30. The summed E-state index contributed by atoms with van der Waals surface area (Å²) in [5.41, 5.74) is 6.72. The lowest BCUT2D eigenvalue weighted by Gasteiger charge is -2.27. The Morgan fingerprint density at radius 2 is 2.18 bits per heavy atom. The lowest BCUT2D eigenvalue weighted by molar-refractivity contribution is 0.241. The molecule has 0 saturated carbocycles. The number of benzene rings is 1. The first-order chi connectivity index (χ1) is 8.10.